The average Bonchev–Trinajstić information content (AvgIpc) is 3.22. The molecular weight excluding hydrogens is 366 g/mol. The number of rotatable bonds is 3. The molecule has 0 radical (unpaired) electrons. The van der Waals surface area contributed by atoms with Crippen LogP contribution >= 0.6 is 0 Å². The number of anilines is 1. The highest BCUT2D eigenvalue weighted by atomic mass is 16.2. The normalized spacial score (nSPS) is 18.5. The lowest BCUT2D eigenvalue weighted by atomic mass is 10.1. The predicted octanol–water partition coefficient (Wildman–Crippen LogP) is 2.42. The fraction of sp³-hybridized carbons (Fsp3) is 0.455. The lowest BCUT2D eigenvalue weighted by Gasteiger charge is -2.29. The smallest absolute Gasteiger partial charge is 0.254 e. The van der Waals surface area contributed by atoms with Gasteiger partial charge in [0.25, 0.3) is 5.91 Å². The summed E-state index contributed by atoms with van der Waals surface area (Å²) in [6.45, 7) is 3.56. The number of nitrogens with zero attached hydrogens (tertiary/aromatic N) is 5. The van der Waals surface area contributed by atoms with Gasteiger partial charge in [-0.1, -0.05) is 6.07 Å². The van der Waals surface area contributed by atoms with E-state index in [0.29, 0.717) is 25.2 Å². The molecule has 1 aromatic carbocycles. The molecule has 7 nitrogen and oxygen atoms in total. The van der Waals surface area contributed by atoms with Gasteiger partial charge >= 0.3 is 0 Å². The largest absolute Gasteiger partial charge is 0.378 e. The molecule has 2 aliphatic rings. The Morgan fingerprint density at radius 2 is 2.03 bits per heavy atom. The van der Waals surface area contributed by atoms with E-state index in [2.05, 4.69) is 4.98 Å². The third-order valence-corrected chi connectivity index (χ3v) is 5.82. The molecule has 0 spiro atoms. The molecule has 1 atom stereocenters. The average molecular weight is 393 g/mol. The van der Waals surface area contributed by atoms with Crippen LogP contribution in [-0.2, 0) is 17.8 Å². The minimum atomic E-state index is -0.0957. The van der Waals surface area contributed by atoms with Crippen molar-refractivity contribution in [1.29, 1.82) is 0 Å². The highest BCUT2D eigenvalue weighted by molar-refractivity contribution is 5.95. The number of likely N-dealkylation sites (tertiary alicyclic amines) is 1. The van der Waals surface area contributed by atoms with Gasteiger partial charge in [-0.2, -0.15) is 0 Å². The Bertz CT molecular complexity index is 943. The monoisotopic (exact) mass is 393 g/mol. The summed E-state index contributed by atoms with van der Waals surface area (Å²) in [5, 5.41) is 0. The minimum absolute atomic E-state index is 0.0280. The van der Waals surface area contributed by atoms with Crippen LogP contribution in [0.5, 0.6) is 0 Å². The molecule has 2 amide bonds. The van der Waals surface area contributed by atoms with Gasteiger partial charge in [0.2, 0.25) is 5.91 Å². The Morgan fingerprint density at radius 3 is 2.79 bits per heavy atom. The van der Waals surface area contributed by atoms with Gasteiger partial charge in [0, 0.05) is 70.1 Å². The van der Waals surface area contributed by atoms with Crippen LogP contribution in [0.2, 0.25) is 0 Å². The summed E-state index contributed by atoms with van der Waals surface area (Å²) < 4.78 is 0. The Kier molecular flexibility index (Phi) is 5.22. The zero-order chi connectivity index (χ0) is 20.5. The summed E-state index contributed by atoms with van der Waals surface area (Å²) in [6, 6.07) is 7.62. The number of hydrogen-bond donors (Lipinski definition) is 0. The van der Waals surface area contributed by atoms with E-state index in [9.17, 15) is 9.59 Å². The van der Waals surface area contributed by atoms with Gasteiger partial charge in [-0.15, -0.1) is 0 Å². The summed E-state index contributed by atoms with van der Waals surface area (Å²) in [5.41, 5.74) is 3.70. The molecule has 0 N–H and O–H groups in total. The summed E-state index contributed by atoms with van der Waals surface area (Å²) in [6.07, 6.45) is 4.39. The van der Waals surface area contributed by atoms with Gasteiger partial charge in [-0.3, -0.25) is 9.59 Å². The van der Waals surface area contributed by atoms with Crippen molar-refractivity contribution in [3.63, 3.8) is 0 Å². The highest BCUT2D eigenvalue weighted by Crippen LogP contribution is 2.32. The number of carbonyl (C=O) groups is 2. The zero-order valence-corrected chi connectivity index (χ0v) is 17.3. The Labute approximate surface area is 171 Å². The summed E-state index contributed by atoms with van der Waals surface area (Å²) in [7, 11) is 3.94. The number of amides is 2. The molecule has 2 aliphatic heterocycles. The highest BCUT2D eigenvalue weighted by Gasteiger charge is 2.33. The summed E-state index contributed by atoms with van der Waals surface area (Å²) in [5.74, 6) is 0.821. The van der Waals surface area contributed by atoms with Crippen LogP contribution in [0.1, 0.15) is 53.2 Å². The van der Waals surface area contributed by atoms with Gasteiger partial charge in [0.15, 0.2) is 5.82 Å². The number of benzene rings is 1. The lowest BCUT2D eigenvalue weighted by molar-refractivity contribution is -0.129. The van der Waals surface area contributed by atoms with Crippen molar-refractivity contribution in [3.8, 4) is 0 Å². The third-order valence-electron chi connectivity index (χ3n) is 5.82. The minimum Gasteiger partial charge on any atom is -0.378 e. The first-order valence-corrected chi connectivity index (χ1v) is 10.1. The zero-order valence-electron chi connectivity index (χ0n) is 17.3. The fourth-order valence-corrected chi connectivity index (χ4v) is 4.12. The molecular formula is C22H27N5O2. The first-order chi connectivity index (χ1) is 13.9. The van der Waals surface area contributed by atoms with Crippen molar-refractivity contribution >= 4 is 17.5 Å². The maximum atomic E-state index is 13.2. The molecule has 3 heterocycles. The van der Waals surface area contributed by atoms with E-state index < -0.39 is 0 Å². The summed E-state index contributed by atoms with van der Waals surface area (Å²) in [4.78, 5) is 40.0. The van der Waals surface area contributed by atoms with Crippen LogP contribution in [0.25, 0.3) is 0 Å². The first-order valence-electron chi connectivity index (χ1n) is 10.1. The van der Waals surface area contributed by atoms with E-state index >= 15 is 0 Å². The topological polar surface area (TPSA) is 69.6 Å². The standard InChI is InChI=1S/C22H27N5O2/c1-15(28)26-11-9-19-17(14-26)13-23-21(24-19)20-8-5-10-27(20)22(29)16-6-4-7-18(12-16)25(2)3/h4,6-7,12-13,20H,5,8-11,14H2,1-3H3/t20-/m1/s1. The van der Waals surface area contributed by atoms with E-state index in [1.807, 2.05) is 59.3 Å². The van der Waals surface area contributed by atoms with Crippen molar-refractivity contribution in [2.75, 3.05) is 32.1 Å². The van der Waals surface area contributed by atoms with Gasteiger partial charge < -0.3 is 14.7 Å². The van der Waals surface area contributed by atoms with Crippen LogP contribution < -0.4 is 4.90 Å². The van der Waals surface area contributed by atoms with E-state index in [4.69, 9.17) is 4.98 Å². The molecule has 1 saturated heterocycles. The molecule has 0 aliphatic carbocycles. The maximum absolute atomic E-state index is 13.2. The molecule has 152 valence electrons. The van der Waals surface area contributed by atoms with Crippen molar-refractivity contribution in [1.82, 2.24) is 19.8 Å². The second-order valence-corrected chi connectivity index (χ2v) is 7.99. The molecule has 1 aromatic heterocycles. The van der Waals surface area contributed by atoms with Crippen LogP contribution in [0.3, 0.4) is 0 Å². The first kappa shape index (κ1) is 19.4. The van der Waals surface area contributed by atoms with E-state index in [1.165, 1.54) is 0 Å². The van der Waals surface area contributed by atoms with Crippen molar-refractivity contribution in [2.45, 2.75) is 38.8 Å². The lowest BCUT2D eigenvalue weighted by Crippen LogP contribution is -2.36. The fourth-order valence-electron chi connectivity index (χ4n) is 4.12. The Hall–Kier alpha value is -2.96. The van der Waals surface area contributed by atoms with Crippen molar-refractivity contribution < 1.29 is 9.59 Å². The maximum Gasteiger partial charge on any atom is 0.254 e. The van der Waals surface area contributed by atoms with Crippen LogP contribution in [-0.4, -0.2) is 58.8 Å². The molecule has 0 bridgehead atoms. The van der Waals surface area contributed by atoms with Gasteiger partial charge in [0.05, 0.1) is 11.7 Å². The van der Waals surface area contributed by atoms with Crippen LogP contribution in [0.4, 0.5) is 5.69 Å². The predicted molar refractivity (Wildman–Crippen MR) is 111 cm³/mol. The number of carbonyl (C=O) groups excluding carboxylic acids is 2. The van der Waals surface area contributed by atoms with E-state index in [-0.39, 0.29) is 17.9 Å². The second kappa shape index (κ2) is 7.81. The number of aromatic nitrogens is 2. The molecule has 0 unspecified atom stereocenters. The van der Waals surface area contributed by atoms with Gasteiger partial charge in [0.1, 0.15) is 0 Å². The number of fused-ring (bicyclic) bond motifs is 1. The van der Waals surface area contributed by atoms with E-state index in [0.717, 1.165) is 42.0 Å². The third kappa shape index (κ3) is 3.81. The molecule has 7 heteroatoms. The van der Waals surface area contributed by atoms with Crippen molar-refractivity contribution in [3.05, 3.63) is 53.1 Å². The summed E-state index contributed by atoms with van der Waals surface area (Å²) >= 11 is 0. The Balaban J connectivity index is 1.57. The van der Waals surface area contributed by atoms with Gasteiger partial charge in [-0.05, 0) is 31.0 Å². The van der Waals surface area contributed by atoms with Crippen LogP contribution in [0, 0.1) is 0 Å². The SMILES string of the molecule is CC(=O)N1CCc2nc([C@H]3CCCN3C(=O)c3cccc(N(C)C)c3)ncc2C1. The molecule has 1 fully saturated rings. The molecule has 2 aromatic rings. The Morgan fingerprint density at radius 1 is 1.21 bits per heavy atom. The van der Waals surface area contributed by atoms with E-state index in [1.54, 1.807) is 6.92 Å². The molecule has 4 rings (SSSR count). The van der Waals surface area contributed by atoms with Crippen molar-refractivity contribution in [2.24, 2.45) is 0 Å². The number of hydrogen-bond acceptors (Lipinski definition) is 5. The molecule has 0 saturated carbocycles. The van der Waals surface area contributed by atoms with Crippen LogP contribution in [0.15, 0.2) is 30.5 Å². The van der Waals surface area contributed by atoms with Gasteiger partial charge in [-0.25, -0.2) is 9.97 Å². The second-order valence-electron chi connectivity index (χ2n) is 7.99. The molecule has 29 heavy (non-hydrogen) atoms. The quantitative estimate of drug-likeness (QED) is 0.801.